The molecule has 2 amide bonds. The van der Waals surface area contributed by atoms with Crippen molar-refractivity contribution in [1.82, 2.24) is 29.5 Å². The Kier molecular flexibility index (Phi) is 6.52. The summed E-state index contributed by atoms with van der Waals surface area (Å²) in [5, 5.41) is 5.28. The first-order valence-corrected chi connectivity index (χ1v) is 10.5. The zero-order valence-corrected chi connectivity index (χ0v) is 18.2. The van der Waals surface area contributed by atoms with Crippen LogP contribution in [0.25, 0.3) is 11.0 Å². The molecule has 1 fully saturated rings. The molecule has 0 radical (unpaired) electrons. The van der Waals surface area contributed by atoms with Crippen LogP contribution in [0.4, 0.5) is 0 Å². The first-order valence-electron chi connectivity index (χ1n) is 10.5. The Labute approximate surface area is 172 Å². The molecule has 0 aromatic carbocycles. The van der Waals surface area contributed by atoms with Crippen molar-refractivity contribution in [2.24, 2.45) is 7.05 Å². The fourth-order valence-corrected chi connectivity index (χ4v) is 4.11. The molecule has 0 aliphatic carbocycles. The lowest BCUT2D eigenvalue weighted by atomic mass is 10.1. The molecule has 0 saturated carbocycles. The normalized spacial score (nSPS) is 15.6. The van der Waals surface area contributed by atoms with Crippen LogP contribution in [-0.4, -0.2) is 87.1 Å². The average Bonchev–Trinajstić information content (AvgIpc) is 2.85. The summed E-state index contributed by atoms with van der Waals surface area (Å²) in [7, 11) is 1.85. The van der Waals surface area contributed by atoms with E-state index in [1.54, 1.807) is 4.68 Å². The molecule has 1 saturated heterocycles. The second kappa shape index (κ2) is 8.90. The van der Waals surface area contributed by atoms with Gasteiger partial charge in [-0.05, 0) is 40.2 Å². The average molecular weight is 401 g/mol. The van der Waals surface area contributed by atoms with Gasteiger partial charge >= 0.3 is 0 Å². The van der Waals surface area contributed by atoms with E-state index in [1.807, 2.05) is 50.6 Å². The van der Waals surface area contributed by atoms with Gasteiger partial charge in [0.1, 0.15) is 0 Å². The highest BCUT2D eigenvalue weighted by molar-refractivity contribution is 6.06. The SMILES string of the molecule is CCN(CC)C(=O)CN1CCCN(C(=O)c2cc(C)nc3c2c(C)nn3C)CC1. The lowest BCUT2D eigenvalue weighted by Gasteiger charge is -2.25. The summed E-state index contributed by atoms with van der Waals surface area (Å²) in [6.45, 7) is 12.6. The summed E-state index contributed by atoms with van der Waals surface area (Å²) in [4.78, 5) is 36.3. The molecule has 0 atom stereocenters. The van der Waals surface area contributed by atoms with Gasteiger partial charge < -0.3 is 9.80 Å². The van der Waals surface area contributed by atoms with Gasteiger partial charge in [-0.1, -0.05) is 0 Å². The Morgan fingerprint density at radius 3 is 2.52 bits per heavy atom. The number of hydrogen-bond donors (Lipinski definition) is 0. The first-order chi connectivity index (χ1) is 13.8. The highest BCUT2D eigenvalue weighted by atomic mass is 16.2. The fraction of sp³-hybridized carbons (Fsp3) is 0.619. The van der Waals surface area contributed by atoms with Gasteiger partial charge in [-0.3, -0.25) is 19.2 Å². The molecule has 8 heteroatoms. The van der Waals surface area contributed by atoms with Gasteiger partial charge in [-0.15, -0.1) is 0 Å². The molecular weight excluding hydrogens is 368 g/mol. The van der Waals surface area contributed by atoms with Crippen molar-refractivity contribution in [2.75, 3.05) is 45.8 Å². The predicted octanol–water partition coefficient (Wildman–Crippen LogP) is 1.60. The lowest BCUT2D eigenvalue weighted by Crippen LogP contribution is -2.42. The molecule has 1 aliphatic heterocycles. The van der Waals surface area contributed by atoms with Crippen molar-refractivity contribution in [1.29, 1.82) is 0 Å². The maximum Gasteiger partial charge on any atom is 0.254 e. The number of carbonyl (C=O) groups is 2. The van der Waals surface area contributed by atoms with Gasteiger partial charge in [0.05, 0.1) is 23.2 Å². The van der Waals surface area contributed by atoms with Crippen molar-refractivity contribution in [3.63, 3.8) is 0 Å². The minimum absolute atomic E-state index is 0.0218. The van der Waals surface area contributed by atoms with Crippen LogP contribution in [0.3, 0.4) is 0 Å². The highest BCUT2D eigenvalue weighted by Crippen LogP contribution is 2.23. The number of aryl methyl sites for hydroxylation is 3. The van der Waals surface area contributed by atoms with Gasteiger partial charge in [0.15, 0.2) is 5.65 Å². The summed E-state index contributed by atoms with van der Waals surface area (Å²) >= 11 is 0. The van der Waals surface area contributed by atoms with Gasteiger partial charge in [0.2, 0.25) is 5.91 Å². The number of rotatable bonds is 5. The number of pyridine rings is 1. The van der Waals surface area contributed by atoms with E-state index in [1.165, 1.54) is 0 Å². The molecule has 8 nitrogen and oxygen atoms in total. The first kappa shape index (κ1) is 21.2. The van der Waals surface area contributed by atoms with E-state index < -0.39 is 0 Å². The van der Waals surface area contributed by atoms with Crippen LogP contribution in [0.2, 0.25) is 0 Å². The van der Waals surface area contributed by atoms with E-state index in [4.69, 9.17) is 0 Å². The van der Waals surface area contributed by atoms with Gasteiger partial charge in [0, 0.05) is 52.0 Å². The standard InChI is InChI=1S/C21H32N6O2/c1-6-26(7-2)18(28)14-25-9-8-10-27(12-11-25)21(29)17-13-15(3)22-20-19(17)16(4)23-24(20)5/h13H,6-12,14H2,1-5H3. The summed E-state index contributed by atoms with van der Waals surface area (Å²) in [6, 6.07) is 1.87. The van der Waals surface area contributed by atoms with Crippen LogP contribution in [0.1, 0.15) is 42.0 Å². The molecule has 2 aromatic rings. The molecular formula is C21H32N6O2. The minimum Gasteiger partial charge on any atom is -0.342 e. The van der Waals surface area contributed by atoms with Gasteiger partial charge in [-0.2, -0.15) is 5.10 Å². The Balaban J connectivity index is 1.75. The molecule has 29 heavy (non-hydrogen) atoms. The van der Waals surface area contributed by atoms with Crippen LogP contribution in [0.15, 0.2) is 6.07 Å². The molecule has 0 spiro atoms. The van der Waals surface area contributed by atoms with Gasteiger partial charge in [0.25, 0.3) is 5.91 Å². The number of amides is 2. The number of aromatic nitrogens is 3. The molecule has 3 rings (SSSR count). The zero-order valence-electron chi connectivity index (χ0n) is 18.2. The molecule has 0 N–H and O–H groups in total. The van der Waals surface area contributed by atoms with Crippen LogP contribution in [-0.2, 0) is 11.8 Å². The van der Waals surface area contributed by atoms with Crippen LogP contribution < -0.4 is 0 Å². The Morgan fingerprint density at radius 2 is 1.83 bits per heavy atom. The van der Waals surface area contributed by atoms with Crippen molar-refractivity contribution in [2.45, 2.75) is 34.1 Å². The molecule has 0 bridgehead atoms. The van der Waals surface area contributed by atoms with Crippen LogP contribution in [0.5, 0.6) is 0 Å². The number of carbonyl (C=O) groups excluding carboxylic acids is 2. The number of fused-ring (bicyclic) bond motifs is 1. The van der Waals surface area contributed by atoms with Crippen LogP contribution in [0, 0.1) is 13.8 Å². The van der Waals surface area contributed by atoms with E-state index >= 15 is 0 Å². The molecule has 158 valence electrons. The Bertz CT molecular complexity index is 902. The third kappa shape index (κ3) is 4.42. The van der Waals surface area contributed by atoms with E-state index in [-0.39, 0.29) is 11.8 Å². The third-order valence-corrected chi connectivity index (χ3v) is 5.68. The largest absolute Gasteiger partial charge is 0.342 e. The van der Waals surface area contributed by atoms with Crippen molar-refractivity contribution < 1.29 is 9.59 Å². The lowest BCUT2D eigenvalue weighted by molar-refractivity contribution is -0.132. The fourth-order valence-electron chi connectivity index (χ4n) is 4.11. The number of likely N-dealkylation sites (N-methyl/N-ethyl adjacent to an activating group) is 1. The Hall–Kier alpha value is -2.48. The quantitative estimate of drug-likeness (QED) is 0.762. The third-order valence-electron chi connectivity index (χ3n) is 5.68. The maximum atomic E-state index is 13.4. The van der Waals surface area contributed by atoms with E-state index in [9.17, 15) is 9.59 Å². The second-order valence-corrected chi connectivity index (χ2v) is 7.71. The van der Waals surface area contributed by atoms with Crippen molar-refractivity contribution in [3.8, 4) is 0 Å². The molecule has 0 unspecified atom stereocenters. The summed E-state index contributed by atoms with van der Waals surface area (Å²) in [5.41, 5.74) is 3.04. The molecule has 1 aliphatic rings. The van der Waals surface area contributed by atoms with Gasteiger partial charge in [-0.25, -0.2) is 4.98 Å². The van der Waals surface area contributed by atoms with E-state index in [2.05, 4.69) is 15.0 Å². The highest BCUT2D eigenvalue weighted by Gasteiger charge is 2.25. The smallest absolute Gasteiger partial charge is 0.254 e. The summed E-state index contributed by atoms with van der Waals surface area (Å²) < 4.78 is 1.73. The predicted molar refractivity (Wildman–Crippen MR) is 113 cm³/mol. The maximum absolute atomic E-state index is 13.4. The zero-order chi connectivity index (χ0) is 21.1. The van der Waals surface area contributed by atoms with Crippen molar-refractivity contribution in [3.05, 3.63) is 23.0 Å². The number of nitrogens with zero attached hydrogens (tertiary/aromatic N) is 6. The second-order valence-electron chi connectivity index (χ2n) is 7.71. The van der Waals surface area contributed by atoms with Crippen molar-refractivity contribution >= 4 is 22.8 Å². The minimum atomic E-state index is 0.0218. The van der Waals surface area contributed by atoms with E-state index in [0.717, 1.165) is 48.5 Å². The Morgan fingerprint density at radius 1 is 1.10 bits per heavy atom. The number of hydrogen-bond acceptors (Lipinski definition) is 5. The summed E-state index contributed by atoms with van der Waals surface area (Å²) in [6.07, 6.45) is 0.858. The summed E-state index contributed by atoms with van der Waals surface area (Å²) in [5.74, 6) is 0.181. The topological polar surface area (TPSA) is 74.6 Å². The van der Waals surface area contributed by atoms with Crippen LogP contribution >= 0.6 is 0 Å². The monoisotopic (exact) mass is 400 g/mol. The molecule has 3 heterocycles. The molecule has 2 aromatic heterocycles. The van der Waals surface area contributed by atoms with E-state index in [0.29, 0.717) is 31.7 Å².